The Morgan fingerprint density at radius 3 is 2.64 bits per heavy atom. The van der Waals surface area contributed by atoms with Crippen LogP contribution in [0.5, 0.6) is 5.75 Å². The van der Waals surface area contributed by atoms with Crippen LogP contribution in [0.4, 0.5) is 11.4 Å². The SMILES string of the molecule is N#C/C(=C/Nc1cccc2cccnc12)C(=O)Nc1ccc(O)cc1. The van der Waals surface area contributed by atoms with Crippen LogP contribution in [0.25, 0.3) is 10.9 Å². The van der Waals surface area contributed by atoms with Gasteiger partial charge in [0, 0.05) is 23.5 Å². The van der Waals surface area contributed by atoms with E-state index in [4.69, 9.17) is 0 Å². The van der Waals surface area contributed by atoms with E-state index < -0.39 is 5.91 Å². The summed E-state index contributed by atoms with van der Waals surface area (Å²) in [6.07, 6.45) is 3.03. The monoisotopic (exact) mass is 330 g/mol. The van der Waals surface area contributed by atoms with Crippen molar-refractivity contribution in [2.45, 2.75) is 0 Å². The first-order chi connectivity index (χ1) is 12.2. The number of para-hydroxylation sites is 1. The zero-order valence-corrected chi connectivity index (χ0v) is 13.1. The Kier molecular flexibility index (Phi) is 4.58. The van der Waals surface area contributed by atoms with E-state index in [1.165, 1.54) is 18.3 Å². The Balaban J connectivity index is 1.79. The number of amides is 1. The van der Waals surface area contributed by atoms with E-state index in [1.54, 1.807) is 18.3 Å². The van der Waals surface area contributed by atoms with Crippen LogP contribution in [0.15, 0.2) is 72.6 Å². The van der Waals surface area contributed by atoms with Crippen LogP contribution in [-0.4, -0.2) is 16.0 Å². The predicted octanol–water partition coefficient (Wildman–Crippen LogP) is 3.40. The largest absolute Gasteiger partial charge is 0.508 e. The lowest BCUT2D eigenvalue weighted by Gasteiger charge is -2.07. The molecule has 0 aliphatic rings. The lowest BCUT2D eigenvalue weighted by Crippen LogP contribution is -2.14. The number of carbonyl (C=O) groups is 1. The smallest absolute Gasteiger partial charge is 0.267 e. The van der Waals surface area contributed by atoms with Gasteiger partial charge >= 0.3 is 0 Å². The number of phenolic OH excluding ortho intramolecular Hbond substituents is 1. The fourth-order valence-corrected chi connectivity index (χ4v) is 2.26. The topological polar surface area (TPSA) is 98.0 Å². The van der Waals surface area contributed by atoms with Gasteiger partial charge in [-0.05, 0) is 36.4 Å². The molecule has 3 aromatic rings. The second kappa shape index (κ2) is 7.15. The van der Waals surface area contributed by atoms with Crippen molar-refractivity contribution in [2.24, 2.45) is 0 Å². The second-order valence-electron chi connectivity index (χ2n) is 5.20. The third-order valence-electron chi connectivity index (χ3n) is 3.49. The number of aromatic nitrogens is 1. The summed E-state index contributed by atoms with van der Waals surface area (Å²) in [5.74, 6) is -0.451. The summed E-state index contributed by atoms with van der Waals surface area (Å²) in [6.45, 7) is 0. The molecule has 122 valence electrons. The first-order valence-electron chi connectivity index (χ1n) is 7.48. The van der Waals surface area contributed by atoms with Crippen molar-refractivity contribution in [2.75, 3.05) is 10.6 Å². The van der Waals surface area contributed by atoms with Crippen LogP contribution < -0.4 is 10.6 Å². The molecule has 6 nitrogen and oxygen atoms in total. The number of benzene rings is 2. The van der Waals surface area contributed by atoms with Crippen molar-refractivity contribution >= 4 is 28.2 Å². The van der Waals surface area contributed by atoms with Crippen LogP contribution in [0.3, 0.4) is 0 Å². The number of aromatic hydroxyl groups is 1. The molecule has 25 heavy (non-hydrogen) atoms. The van der Waals surface area contributed by atoms with Gasteiger partial charge in [-0.3, -0.25) is 9.78 Å². The fourth-order valence-electron chi connectivity index (χ4n) is 2.26. The number of rotatable bonds is 4. The summed E-state index contributed by atoms with van der Waals surface area (Å²) < 4.78 is 0. The van der Waals surface area contributed by atoms with Gasteiger partial charge < -0.3 is 15.7 Å². The van der Waals surface area contributed by atoms with Crippen LogP contribution >= 0.6 is 0 Å². The molecule has 0 bridgehead atoms. The van der Waals surface area contributed by atoms with Gasteiger partial charge in [0.2, 0.25) is 0 Å². The molecule has 0 spiro atoms. The second-order valence-corrected chi connectivity index (χ2v) is 5.20. The third-order valence-corrected chi connectivity index (χ3v) is 3.49. The zero-order valence-electron chi connectivity index (χ0n) is 13.1. The molecule has 0 aliphatic carbocycles. The molecule has 0 saturated carbocycles. The van der Waals surface area contributed by atoms with Gasteiger partial charge in [0.15, 0.2) is 0 Å². The normalized spacial score (nSPS) is 10.9. The number of phenols is 1. The number of pyridine rings is 1. The highest BCUT2D eigenvalue weighted by molar-refractivity contribution is 6.07. The molecule has 0 radical (unpaired) electrons. The summed E-state index contributed by atoms with van der Waals surface area (Å²) in [5, 5.41) is 25.0. The van der Waals surface area contributed by atoms with Crippen molar-refractivity contribution < 1.29 is 9.90 Å². The Bertz CT molecular complexity index is 983. The van der Waals surface area contributed by atoms with Gasteiger partial charge in [-0.15, -0.1) is 0 Å². The van der Waals surface area contributed by atoms with E-state index in [-0.39, 0.29) is 11.3 Å². The molecule has 0 atom stereocenters. The van der Waals surface area contributed by atoms with Crippen LogP contribution in [0, 0.1) is 11.3 Å². The molecular weight excluding hydrogens is 316 g/mol. The van der Waals surface area contributed by atoms with Crippen molar-refractivity contribution in [1.82, 2.24) is 4.98 Å². The molecule has 6 heteroatoms. The number of hydrogen-bond acceptors (Lipinski definition) is 5. The minimum atomic E-state index is -0.547. The molecule has 0 fully saturated rings. The molecule has 0 saturated heterocycles. The van der Waals surface area contributed by atoms with Crippen molar-refractivity contribution in [3.8, 4) is 11.8 Å². The number of fused-ring (bicyclic) bond motifs is 1. The highest BCUT2D eigenvalue weighted by Crippen LogP contribution is 2.21. The van der Waals surface area contributed by atoms with Gasteiger partial charge in [-0.2, -0.15) is 5.26 Å². The maximum Gasteiger partial charge on any atom is 0.267 e. The Morgan fingerprint density at radius 1 is 1.12 bits per heavy atom. The number of anilines is 2. The Morgan fingerprint density at radius 2 is 1.88 bits per heavy atom. The zero-order chi connectivity index (χ0) is 17.6. The van der Waals surface area contributed by atoms with E-state index in [2.05, 4.69) is 15.6 Å². The molecule has 1 aromatic heterocycles. The maximum atomic E-state index is 12.2. The molecule has 0 aliphatic heterocycles. The lowest BCUT2D eigenvalue weighted by molar-refractivity contribution is -0.112. The third kappa shape index (κ3) is 3.74. The molecule has 3 N–H and O–H groups in total. The summed E-state index contributed by atoms with van der Waals surface area (Å²) in [4.78, 5) is 16.5. The first-order valence-corrected chi connectivity index (χ1v) is 7.48. The number of nitriles is 1. The van der Waals surface area contributed by atoms with Crippen LogP contribution in [-0.2, 0) is 4.79 Å². The average molecular weight is 330 g/mol. The van der Waals surface area contributed by atoms with Gasteiger partial charge in [0.05, 0.1) is 11.2 Å². The highest BCUT2D eigenvalue weighted by Gasteiger charge is 2.10. The van der Waals surface area contributed by atoms with E-state index in [0.717, 1.165) is 10.9 Å². The lowest BCUT2D eigenvalue weighted by atomic mass is 10.2. The summed E-state index contributed by atoms with van der Waals surface area (Å²) in [7, 11) is 0. The molecule has 3 rings (SSSR count). The number of hydrogen-bond donors (Lipinski definition) is 3. The molecular formula is C19H14N4O2. The standard InChI is InChI=1S/C19H14N4O2/c20-11-14(19(25)23-15-6-8-16(24)9-7-15)12-22-17-5-1-3-13-4-2-10-21-18(13)17/h1-10,12,22,24H,(H,23,25)/b14-12-. The minimum Gasteiger partial charge on any atom is -0.508 e. The number of nitrogens with one attached hydrogen (secondary N) is 2. The van der Waals surface area contributed by atoms with E-state index in [9.17, 15) is 15.2 Å². The Labute approximate surface area is 144 Å². The average Bonchev–Trinajstić information content (AvgIpc) is 2.64. The van der Waals surface area contributed by atoms with E-state index >= 15 is 0 Å². The molecule has 0 unspecified atom stereocenters. The quantitative estimate of drug-likeness (QED) is 0.387. The van der Waals surface area contributed by atoms with Crippen molar-refractivity contribution in [3.63, 3.8) is 0 Å². The van der Waals surface area contributed by atoms with Crippen molar-refractivity contribution in [1.29, 1.82) is 5.26 Å². The van der Waals surface area contributed by atoms with E-state index in [0.29, 0.717) is 11.4 Å². The predicted molar refractivity (Wildman–Crippen MR) is 95.8 cm³/mol. The number of carbonyl (C=O) groups excluding carboxylic acids is 1. The van der Waals surface area contributed by atoms with Gasteiger partial charge in [-0.25, -0.2) is 0 Å². The minimum absolute atomic E-state index is 0.0824. The fraction of sp³-hybridized carbons (Fsp3) is 0. The maximum absolute atomic E-state index is 12.2. The molecule has 1 amide bonds. The first kappa shape index (κ1) is 16.0. The van der Waals surface area contributed by atoms with E-state index in [1.807, 2.05) is 36.4 Å². The van der Waals surface area contributed by atoms with Gasteiger partial charge in [0.25, 0.3) is 5.91 Å². The molecule has 1 heterocycles. The summed E-state index contributed by atoms with van der Waals surface area (Å²) in [6, 6.07) is 17.2. The van der Waals surface area contributed by atoms with Gasteiger partial charge in [-0.1, -0.05) is 18.2 Å². The summed E-state index contributed by atoms with van der Waals surface area (Å²) >= 11 is 0. The highest BCUT2D eigenvalue weighted by atomic mass is 16.3. The Hall–Kier alpha value is -3.85. The molecule has 2 aromatic carbocycles. The van der Waals surface area contributed by atoms with Crippen LogP contribution in [0.2, 0.25) is 0 Å². The van der Waals surface area contributed by atoms with Crippen molar-refractivity contribution in [3.05, 3.63) is 72.6 Å². The summed E-state index contributed by atoms with van der Waals surface area (Å²) in [5.41, 5.74) is 1.84. The van der Waals surface area contributed by atoms with Gasteiger partial charge in [0.1, 0.15) is 17.4 Å². The van der Waals surface area contributed by atoms with Crippen LogP contribution in [0.1, 0.15) is 0 Å². The number of nitrogens with zero attached hydrogens (tertiary/aromatic N) is 2.